The van der Waals surface area contributed by atoms with E-state index in [2.05, 4.69) is 136 Å². The van der Waals surface area contributed by atoms with E-state index in [1.807, 2.05) is 52.0 Å². The number of fused-ring (bicyclic) bond motifs is 8. The molecule has 0 saturated heterocycles. The molecule has 3 aliphatic rings. The van der Waals surface area contributed by atoms with Crippen molar-refractivity contribution in [2.75, 3.05) is 0 Å². The third-order valence-corrected chi connectivity index (χ3v) is 10.9. The highest BCUT2D eigenvalue weighted by Gasteiger charge is 2.51. The zero-order valence-electron chi connectivity index (χ0n) is 32.8. The third kappa shape index (κ3) is 6.56. The predicted molar refractivity (Wildman–Crippen MR) is 233 cm³/mol. The Kier molecular flexibility index (Phi) is 11.6. The summed E-state index contributed by atoms with van der Waals surface area (Å²) in [6.07, 6.45) is 11.2. The predicted octanol–water partition coefficient (Wildman–Crippen LogP) is 13.9. The fourth-order valence-electron chi connectivity index (χ4n) is 8.64. The number of phenolic OH excluding ortho intramolecular Hbond substituents is 1. The average Bonchev–Trinajstić information content (AvgIpc) is 3.52. The first-order valence-electron chi connectivity index (χ1n) is 19.6. The smallest absolute Gasteiger partial charge is 0.116 e. The van der Waals surface area contributed by atoms with Gasteiger partial charge in [-0.3, -0.25) is 4.99 Å². The van der Waals surface area contributed by atoms with Gasteiger partial charge in [-0.15, -0.1) is 0 Å². The molecule has 8 rings (SSSR count). The Labute approximate surface area is 323 Å². The van der Waals surface area contributed by atoms with Gasteiger partial charge in [0.1, 0.15) is 5.75 Å². The Balaban J connectivity index is 0.00000120. The molecule has 1 spiro atoms. The fraction of sp³-hybridized carbons (Fsp3) is 0.212. The van der Waals surface area contributed by atoms with E-state index in [4.69, 9.17) is 4.99 Å². The van der Waals surface area contributed by atoms with Crippen molar-refractivity contribution in [2.45, 2.75) is 72.3 Å². The summed E-state index contributed by atoms with van der Waals surface area (Å²) in [6.45, 7) is 20.3. The lowest BCUT2D eigenvalue weighted by Crippen LogP contribution is -2.36. The van der Waals surface area contributed by atoms with Crippen LogP contribution in [-0.4, -0.2) is 10.8 Å². The standard InChI is InChI=1S/C48H41NO.2C2H6/c1-5-33-25-26-36(28-34(33)6-2)32(4)49-47(27-31(3)35-16-13-17-38(50)29-35)41-20-14-24-46-42(41)30-37-15-7-10-21-43(37)48(46)44-22-11-8-18-39(44)40-19-9-12-23-45(40)48;2*1-2/h5-13,15-23,25-29,32,50H,1-2,14,24,30H2,3-4H3;2*1-2H3/b31-27+,49-47?;;. The van der Waals surface area contributed by atoms with Crippen LogP contribution in [0, 0.1) is 0 Å². The first-order valence-corrected chi connectivity index (χ1v) is 19.6. The molecule has 0 saturated carbocycles. The summed E-state index contributed by atoms with van der Waals surface area (Å²) in [5.41, 5.74) is 18.1. The summed E-state index contributed by atoms with van der Waals surface area (Å²) >= 11 is 0. The van der Waals surface area contributed by atoms with E-state index in [0.717, 1.165) is 52.8 Å². The van der Waals surface area contributed by atoms with Crippen molar-refractivity contribution in [1.29, 1.82) is 0 Å². The van der Waals surface area contributed by atoms with Crippen LogP contribution in [0.15, 0.2) is 162 Å². The molecule has 2 nitrogen and oxygen atoms in total. The lowest BCUT2D eigenvalue weighted by atomic mass is 9.58. The second-order valence-electron chi connectivity index (χ2n) is 13.7. The maximum Gasteiger partial charge on any atom is 0.116 e. The quantitative estimate of drug-likeness (QED) is 0.168. The number of rotatable bonds is 7. The minimum Gasteiger partial charge on any atom is -0.508 e. The van der Waals surface area contributed by atoms with Gasteiger partial charge in [-0.05, 0) is 135 Å². The zero-order chi connectivity index (χ0) is 38.4. The molecule has 0 radical (unpaired) electrons. The van der Waals surface area contributed by atoms with Crippen LogP contribution in [0.1, 0.15) is 105 Å². The third-order valence-electron chi connectivity index (χ3n) is 10.9. The number of phenols is 1. The molecule has 3 aliphatic carbocycles. The molecule has 1 atom stereocenters. The summed E-state index contributed by atoms with van der Waals surface area (Å²) in [7, 11) is 0. The van der Waals surface area contributed by atoms with Crippen LogP contribution < -0.4 is 0 Å². The molecule has 0 bridgehead atoms. The second kappa shape index (κ2) is 16.5. The summed E-state index contributed by atoms with van der Waals surface area (Å²) in [4.78, 5) is 5.56. The Bertz CT molecular complexity index is 2280. The van der Waals surface area contributed by atoms with Gasteiger partial charge in [0.2, 0.25) is 0 Å². The van der Waals surface area contributed by atoms with Crippen LogP contribution in [0.5, 0.6) is 5.75 Å². The van der Waals surface area contributed by atoms with Gasteiger partial charge in [0, 0.05) is 0 Å². The van der Waals surface area contributed by atoms with Gasteiger partial charge in [0.15, 0.2) is 0 Å². The molecule has 5 aromatic rings. The normalized spacial score (nSPS) is 15.6. The van der Waals surface area contributed by atoms with Gasteiger partial charge >= 0.3 is 0 Å². The van der Waals surface area contributed by atoms with Gasteiger partial charge in [-0.25, -0.2) is 0 Å². The van der Waals surface area contributed by atoms with Gasteiger partial charge < -0.3 is 5.11 Å². The first kappa shape index (κ1) is 38.0. The number of hydrogen-bond donors (Lipinski definition) is 1. The van der Waals surface area contributed by atoms with Crippen molar-refractivity contribution in [3.8, 4) is 16.9 Å². The van der Waals surface area contributed by atoms with Crippen LogP contribution in [0.3, 0.4) is 0 Å². The molecule has 272 valence electrons. The zero-order valence-corrected chi connectivity index (χ0v) is 32.8. The van der Waals surface area contributed by atoms with Crippen LogP contribution in [-0.2, 0) is 11.8 Å². The Hall–Kier alpha value is -5.73. The van der Waals surface area contributed by atoms with E-state index in [9.17, 15) is 5.11 Å². The monoisotopic (exact) mass is 707 g/mol. The number of aromatic hydroxyl groups is 1. The van der Waals surface area contributed by atoms with E-state index >= 15 is 0 Å². The molecule has 1 unspecified atom stereocenters. The summed E-state index contributed by atoms with van der Waals surface area (Å²) in [5.74, 6) is 0.257. The van der Waals surface area contributed by atoms with Crippen molar-refractivity contribution in [3.63, 3.8) is 0 Å². The molecule has 5 aromatic carbocycles. The van der Waals surface area contributed by atoms with Gasteiger partial charge in [-0.1, -0.05) is 156 Å². The van der Waals surface area contributed by atoms with Crippen LogP contribution in [0.2, 0.25) is 0 Å². The van der Waals surface area contributed by atoms with Gasteiger partial charge in [0.05, 0.1) is 17.2 Å². The van der Waals surface area contributed by atoms with Crippen molar-refractivity contribution in [1.82, 2.24) is 0 Å². The first-order chi connectivity index (χ1) is 26.4. The fourth-order valence-corrected chi connectivity index (χ4v) is 8.64. The molecular weight excluding hydrogens is 655 g/mol. The maximum atomic E-state index is 10.4. The number of hydrogen-bond acceptors (Lipinski definition) is 2. The van der Waals surface area contributed by atoms with E-state index in [1.165, 1.54) is 50.1 Å². The lowest BCUT2D eigenvalue weighted by molar-refractivity contribution is 0.475. The topological polar surface area (TPSA) is 32.6 Å². The van der Waals surface area contributed by atoms with E-state index in [0.29, 0.717) is 0 Å². The van der Waals surface area contributed by atoms with E-state index in [-0.39, 0.29) is 17.2 Å². The van der Waals surface area contributed by atoms with Crippen LogP contribution >= 0.6 is 0 Å². The molecule has 0 aliphatic heterocycles. The molecular formula is C52H53NO. The number of aliphatic imine (C=N–C) groups is 1. The highest BCUT2D eigenvalue weighted by atomic mass is 16.3. The number of allylic oxidation sites excluding steroid dienone is 6. The molecule has 1 N–H and O–H groups in total. The number of benzene rings is 5. The van der Waals surface area contributed by atoms with Crippen molar-refractivity contribution in [2.24, 2.45) is 4.99 Å². The largest absolute Gasteiger partial charge is 0.508 e. The maximum absolute atomic E-state index is 10.4. The molecule has 0 amide bonds. The van der Waals surface area contributed by atoms with Crippen LogP contribution in [0.4, 0.5) is 0 Å². The van der Waals surface area contributed by atoms with Gasteiger partial charge in [0.25, 0.3) is 0 Å². The SMILES string of the molecule is C=Cc1ccc(C(C)N=C(/C=C(\C)c2cccc(O)c2)C2=CCCC3=C2Cc2ccccc2C32c3ccccc3-c3ccccc32)cc1C=C.CC.CC. The molecule has 2 heteroatoms. The summed E-state index contributed by atoms with van der Waals surface area (Å²) in [6, 6.07) is 41.0. The highest BCUT2D eigenvalue weighted by Crippen LogP contribution is 2.61. The average molecular weight is 708 g/mol. The lowest BCUT2D eigenvalue weighted by Gasteiger charge is -2.44. The highest BCUT2D eigenvalue weighted by molar-refractivity contribution is 6.15. The minimum absolute atomic E-state index is 0.111. The Morgan fingerprint density at radius 1 is 0.741 bits per heavy atom. The van der Waals surface area contributed by atoms with Crippen molar-refractivity contribution in [3.05, 3.63) is 202 Å². The molecule has 0 heterocycles. The van der Waals surface area contributed by atoms with Crippen molar-refractivity contribution < 1.29 is 5.11 Å². The molecule has 0 aromatic heterocycles. The number of nitrogens with zero attached hydrogens (tertiary/aromatic N) is 1. The van der Waals surface area contributed by atoms with Gasteiger partial charge in [-0.2, -0.15) is 0 Å². The van der Waals surface area contributed by atoms with E-state index in [1.54, 1.807) is 6.07 Å². The molecule has 54 heavy (non-hydrogen) atoms. The van der Waals surface area contributed by atoms with Crippen molar-refractivity contribution >= 4 is 23.4 Å². The molecule has 0 fully saturated rings. The summed E-state index contributed by atoms with van der Waals surface area (Å²) in [5, 5.41) is 10.4. The van der Waals surface area contributed by atoms with E-state index < -0.39 is 0 Å². The Morgan fingerprint density at radius 2 is 1.37 bits per heavy atom. The minimum atomic E-state index is -0.364. The van der Waals surface area contributed by atoms with Crippen LogP contribution in [0.25, 0.3) is 28.9 Å². The summed E-state index contributed by atoms with van der Waals surface area (Å²) < 4.78 is 0. The Morgan fingerprint density at radius 3 is 2.02 bits per heavy atom. The second-order valence-corrected chi connectivity index (χ2v) is 13.7.